The first-order chi connectivity index (χ1) is 25.3. The zero-order valence-electron chi connectivity index (χ0n) is 31.5. The zero-order valence-corrected chi connectivity index (χ0v) is 31.5. The van der Waals surface area contributed by atoms with Gasteiger partial charge in [0.1, 0.15) is 36.7 Å². The van der Waals surface area contributed by atoms with Gasteiger partial charge in [-0.05, 0) is 89.1 Å². The van der Waals surface area contributed by atoms with E-state index in [1.807, 2.05) is 47.4 Å². The lowest BCUT2D eigenvalue weighted by Gasteiger charge is -2.42. The molecule has 0 aromatic heterocycles. The van der Waals surface area contributed by atoms with E-state index in [-0.39, 0.29) is 24.1 Å². The lowest BCUT2D eigenvalue weighted by molar-refractivity contribution is -0.00187. The summed E-state index contributed by atoms with van der Waals surface area (Å²) >= 11 is 0. The molecule has 0 bridgehead atoms. The van der Waals surface area contributed by atoms with Crippen molar-refractivity contribution in [1.82, 2.24) is 9.80 Å². The topological polar surface area (TPSA) is 136 Å². The van der Waals surface area contributed by atoms with Crippen molar-refractivity contribution in [3.8, 4) is 23.8 Å². The van der Waals surface area contributed by atoms with Gasteiger partial charge in [0.25, 0.3) is 0 Å². The molecule has 286 valence electrons. The maximum Gasteiger partial charge on any atom is 0.119 e. The van der Waals surface area contributed by atoms with E-state index in [0.29, 0.717) is 83.2 Å². The van der Waals surface area contributed by atoms with Gasteiger partial charge >= 0.3 is 0 Å². The van der Waals surface area contributed by atoms with Crippen molar-refractivity contribution in [3.63, 3.8) is 0 Å². The van der Waals surface area contributed by atoms with E-state index in [9.17, 15) is 0 Å². The number of hydrogen-bond donors (Lipinski definition) is 3. The first kappa shape index (κ1) is 41.3. The number of amidine groups is 2. The molecule has 0 amide bonds. The lowest BCUT2D eigenvalue weighted by Crippen LogP contribution is -2.51. The van der Waals surface area contributed by atoms with Crippen molar-refractivity contribution in [2.75, 3.05) is 66.0 Å². The molecular formula is C41H61N5O6. The minimum absolute atomic E-state index is 0.0253. The van der Waals surface area contributed by atoms with Crippen molar-refractivity contribution in [1.29, 1.82) is 10.8 Å². The van der Waals surface area contributed by atoms with Crippen molar-refractivity contribution >= 4 is 11.7 Å². The molecule has 2 aliphatic rings. The summed E-state index contributed by atoms with van der Waals surface area (Å²) in [4.78, 5) is 4.55. The van der Waals surface area contributed by atoms with Crippen LogP contribution >= 0.6 is 0 Å². The third-order valence-corrected chi connectivity index (χ3v) is 9.96. The van der Waals surface area contributed by atoms with Crippen molar-refractivity contribution in [2.24, 2.45) is 11.7 Å². The van der Waals surface area contributed by atoms with Crippen LogP contribution in [-0.4, -0.2) is 112 Å². The van der Waals surface area contributed by atoms with Crippen molar-refractivity contribution in [2.45, 2.75) is 89.6 Å². The number of nitrogens with one attached hydrogen (secondary N) is 2. The Labute approximate surface area is 311 Å². The van der Waals surface area contributed by atoms with Gasteiger partial charge in [0, 0.05) is 36.6 Å². The average Bonchev–Trinajstić information content (AvgIpc) is 3.47. The van der Waals surface area contributed by atoms with Crippen molar-refractivity contribution < 1.29 is 28.4 Å². The predicted molar refractivity (Wildman–Crippen MR) is 205 cm³/mol. The molecule has 1 aliphatic heterocycles. The van der Waals surface area contributed by atoms with Gasteiger partial charge in [-0.15, -0.1) is 6.42 Å². The molecule has 52 heavy (non-hydrogen) atoms. The number of likely N-dealkylation sites (tertiary alicyclic amines) is 1. The summed E-state index contributed by atoms with van der Waals surface area (Å²) in [5.74, 6) is 5.00. The molecular weight excluding hydrogens is 658 g/mol. The van der Waals surface area contributed by atoms with Gasteiger partial charge in [0.2, 0.25) is 0 Å². The van der Waals surface area contributed by atoms with Gasteiger partial charge in [0.15, 0.2) is 0 Å². The molecule has 2 aromatic rings. The van der Waals surface area contributed by atoms with Gasteiger partial charge < -0.3 is 39.1 Å². The number of ether oxygens (including phenoxy) is 6. The Hall–Kier alpha value is -3.50. The second kappa shape index (κ2) is 22.5. The van der Waals surface area contributed by atoms with E-state index < -0.39 is 0 Å². The zero-order chi connectivity index (χ0) is 37.1. The smallest absolute Gasteiger partial charge is 0.119 e. The normalized spacial score (nSPS) is 21.1. The summed E-state index contributed by atoms with van der Waals surface area (Å²) in [6.07, 6.45) is 10.9. The molecule has 4 N–H and O–H groups in total. The van der Waals surface area contributed by atoms with Gasteiger partial charge in [-0.25, -0.2) is 0 Å². The van der Waals surface area contributed by atoms with Gasteiger partial charge in [0.05, 0.1) is 52.1 Å². The van der Waals surface area contributed by atoms with Crippen LogP contribution in [0.3, 0.4) is 0 Å². The highest BCUT2D eigenvalue weighted by Gasteiger charge is 2.39. The van der Waals surface area contributed by atoms with Crippen LogP contribution in [0.25, 0.3) is 0 Å². The molecule has 11 nitrogen and oxygen atoms in total. The Morgan fingerprint density at radius 1 is 0.885 bits per heavy atom. The number of nitrogens with zero attached hydrogens (tertiary/aromatic N) is 2. The summed E-state index contributed by atoms with van der Waals surface area (Å²) in [5, 5.41) is 17.7. The fourth-order valence-electron chi connectivity index (χ4n) is 7.08. The molecule has 2 aromatic carbocycles. The van der Waals surface area contributed by atoms with Crippen LogP contribution in [0.4, 0.5) is 0 Å². The SMILES string of the molecule is C#CCOCCOCCOCCOCCOc1ccc(OC2CC(C(=N)N(C(C)=N)C(C)CC3CCC(C)N3CCC(N)c3ccccc3)C2)cc1. The highest BCUT2D eigenvalue weighted by atomic mass is 16.6. The maximum atomic E-state index is 9.09. The number of rotatable bonds is 24. The molecule has 0 radical (unpaired) electrons. The van der Waals surface area contributed by atoms with Crippen LogP contribution in [0.15, 0.2) is 54.6 Å². The minimum atomic E-state index is 0.0253. The summed E-state index contributed by atoms with van der Waals surface area (Å²) in [6.45, 7) is 11.4. The number of hydrogen-bond acceptors (Lipinski definition) is 10. The van der Waals surface area contributed by atoms with Crippen molar-refractivity contribution in [3.05, 3.63) is 60.2 Å². The number of benzene rings is 2. The molecule has 1 heterocycles. The predicted octanol–water partition coefficient (Wildman–Crippen LogP) is 5.92. The fraction of sp³-hybridized carbons (Fsp3) is 0.610. The summed E-state index contributed by atoms with van der Waals surface area (Å²) in [6, 6.07) is 19.0. The molecule has 1 saturated heterocycles. The van der Waals surface area contributed by atoms with Crippen LogP contribution in [0.1, 0.15) is 70.9 Å². The second-order valence-electron chi connectivity index (χ2n) is 13.9. The highest BCUT2D eigenvalue weighted by molar-refractivity contribution is 5.98. The molecule has 4 rings (SSSR count). The number of terminal acetylenes is 1. The third-order valence-electron chi connectivity index (χ3n) is 9.96. The Balaban J connectivity index is 1.09. The number of nitrogens with two attached hydrogens (primary N) is 1. The maximum absolute atomic E-state index is 9.09. The van der Waals surface area contributed by atoms with Crippen LogP contribution in [-0.2, 0) is 18.9 Å². The highest BCUT2D eigenvalue weighted by Crippen LogP contribution is 2.35. The van der Waals surface area contributed by atoms with Gasteiger partial charge in [-0.1, -0.05) is 36.3 Å². The molecule has 11 heteroatoms. The molecule has 2 fully saturated rings. The monoisotopic (exact) mass is 719 g/mol. The first-order valence-corrected chi connectivity index (χ1v) is 18.9. The van der Waals surface area contributed by atoms with Gasteiger partial charge in [-0.2, -0.15) is 0 Å². The van der Waals surface area contributed by atoms with E-state index in [0.717, 1.165) is 50.1 Å². The largest absolute Gasteiger partial charge is 0.491 e. The minimum Gasteiger partial charge on any atom is -0.491 e. The lowest BCUT2D eigenvalue weighted by atomic mass is 9.80. The molecule has 4 atom stereocenters. The quantitative estimate of drug-likeness (QED) is 0.0523. The molecule has 1 saturated carbocycles. The van der Waals surface area contributed by atoms with Crippen LogP contribution < -0.4 is 15.2 Å². The first-order valence-electron chi connectivity index (χ1n) is 18.9. The van der Waals surface area contributed by atoms with E-state index >= 15 is 0 Å². The van der Waals surface area contributed by atoms with E-state index in [1.165, 1.54) is 12.0 Å². The molecule has 4 unspecified atom stereocenters. The molecule has 1 aliphatic carbocycles. The van der Waals surface area contributed by atoms with E-state index in [1.54, 1.807) is 6.92 Å². The summed E-state index contributed by atoms with van der Waals surface area (Å²) < 4.78 is 33.6. The standard InChI is InChI=1S/C41H61N5O6/c1-5-19-47-20-21-48-22-23-49-24-25-50-26-27-51-37-13-15-38(16-14-37)52-39-29-35(30-39)41(44)46(33(4)42)32(3)28-36-12-11-31(2)45(36)18-17-40(43)34-9-7-6-8-10-34/h1,6-10,13-16,31-32,35-36,39-40,42,44H,11-12,17-30,43H2,2-4H3. The van der Waals surface area contributed by atoms with Crippen LogP contribution in [0.2, 0.25) is 0 Å². The second-order valence-corrected chi connectivity index (χ2v) is 13.9. The van der Waals surface area contributed by atoms with E-state index in [4.69, 9.17) is 51.4 Å². The van der Waals surface area contributed by atoms with E-state index in [2.05, 4.69) is 36.8 Å². The fourth-order valence-corrected chi connectivity index (χ4v) is 7.08. The Bertz CT molecular complexity index is 1370. The summed E-state index contributed by atoms with van der Waals surface area (Å²) in [5.41, 5.74) is 7.73. The Morgan fingerprint density at radius 2 is 1.48 bits per heavy atom. The van der Waals surface area contributed by atoms with Gasteiger partial charge in [-0.3, -0.25) is 15.7 Å². The summed E-state index contributed by atoms with van der Waals surface area (Å²) in [7, 11) is 0. The van der Waals surface area contributed by atoms with Crippen LogP contribution in [0, 0.1) is 29.1 Å². The average molecular weight is 720 g/mol. The third kappa shape index (κ3) is 13.5. The van der Waals surface area contributed by atoms with Crippen LogP contribution in [0.5, 0.6) is 11.5 Å². The Morgan fingerprint density at radius 3 is 2.10 bits per heavy atom. The Kier molecular flexibility index (Phi) is 17.9. The molecule has 0 spiro atoms.